The van der Waals surface area contributed by atoms with E-state index < -0.39 is 0 Å². The first kappa shape index (κ1) is 16.1. The number of amides is 2. The zero-order valence-electron chi connectivity index (χ0n) is 12.6. The van der Waals surface area contributed by atoms with Gasteiger partial charge in [-0.1, -0.05) is 6.92 Å². The lowest BCUT2D eigenvalue weighted by Gasteiger charge is -2.18. The Bertz CT molecular complexity index is 470. The van der Waals surface area contributed by atoms with E-state index in [0.29, 0.717) is 24.2 Å². The van der Waals surface area contributed by atoms with Crippen LogP contribution in [0.5, 0.6) is 0 Å². The highest BCUT2D eigenvalue weighted by atomic mass is 16.2. The smallest absolute Gasteiger partial charge is 0.255 e. The van der Waals surface area contributed by atoms with Crippen LogP contribution in [0, 0.1) is 0 Å². The summed E-state index contributed by atoms with van der Waals surface area (Å²) < 4.78 is 0. The van der Waals surface area contributed by atoms with Crippen LogP contribution in [0.2, 0.25) is 0 Å². The monoisotopic (exact) mass is 277 g/mol. The Kier molecular flexibility index (Phi) is 6.15. The number of nitrogens with zero attached hydrogens (tertiary/aromatic N) is 2. The topological polar surface area (TPSA) is 62.3 Å². The zero-order valence-corrected chi connectivity index (χ0v) is 12.6. The average molecular weight is 277 g/mol. The van der Waals surface area contributed by atoms with Gasteiger partial charge in [-0.15, -0.1) is 0 Å². The Labute approximate surface area is 120 Å². The van der Waals surface area contributed by atoms with Crippen LogP contribution in [-0.2, 0) is 0 Å². The fourth-order valence-electron chi connectivity index (χ4n) is 1.78. The molecule has 0 saturated carbocycles. The number of aromatic nitrogens is 1. The molecule has 0 aliphatic carbocycles. The standard InChI is InChI=1S/C15H23N3O2/c1-5-11(4)17-14(19)12-8-13(10-16-9-12)15(20)18(6-2)7-3/h8-11H,5-7H2,1-4H3,(H,17,19). The molecule has 1 atom stereocenters. The fourth-order valence-corrected chi connectivity index (χ4v) is 1.78. The predicted molar refractivity (Wildman–Crippen MR) is 78.7 cm³/mol. The lowest BCUT2D eigenvalue weighted by molar-refractivity contribution is 0.0772. The van der Waals surface area contributed by atoms with Gasteiger partial charge >= 0.3 is 0 Å². The number of nitrogens with one attached hydrogen (secondary N) is 1. The van der Waals surface area contributed by atoms with Crippen LogP contribution < -0.4 is 5.32 Å². The van der Waals surface area contributed by atoms with E-state index in [9.17, 15) is 9.59 Å². The van der Waals surface area contributed by atoms with Gasteiger partial charge < -0.3 is 10.2 Å². The van der Waals surface area contributed by atoms with E-state index in [1.807, 2.05) is 27.7 Å². The molecule has 20 heavy (non-hydrogen) atoms. The number of hydrogen-bond donors (Lipinski definition) is 1. The fraction of sp³-hybridized carbons (Fsp3) is 0.533. The van der Waals surface area contributed by atoms with E-state index in [-0.39, 0.29) is 17.9 Å². The van der Waals surface area contributed by atoms with Gasteiger partial charge in [0.15, 0.2) is 0 Å². The molecular weight excluding hydrogens is 254 g/mol. The van der Waals surface area contributed by atoms with Gasteiger partial charge in [0.2, 0.25) is 0 Å². The Hall–Kier alpha value is -1.91. The quantitative estimate of drug-likeness (QED) is 0.866. The van der Waals surface area contributed by atoms with Crippen molar-refractivity contribution in [1.29, 1.82) is 0 Å². The van der Waals surface area contributed by atoms with Crippen LogP contribution in [-0.4, -0.2) is 40.8 Å². The Balaban J connectivity index is 2.90. The first-order chi connectivity index (χ1) is 9.53. The van der Waals surface area contributed by atoms with Crippen LogP contribution in [0.4, 0.5) is 0 Å². The molecular formula is C15H23N3O2. The summed E-state index contributed by atoms with van der Waals surface area (Å²) in [5.41, 5.74) is 0.869. The van der Waals surface area contributed by atoms with Crippen molar-refractivity contribution in [2.75, 3.05) is 13.1 Å². The van der Waals surface area contributed by atoms with Gasteiger partial charge in [-0.2, -0.15) is 0 Å². The van der Waals surface area contributed by atoms with Crippen molar-refractivity contribution in [2.45, 2.75) is 40.2 Å². The second-order valence-corrected chi connectivity index (χ2v) is 4.72. The summed E-state index contributed by atoms with van der Waals surface area (Å²) in [4.78, 5) is 29.9. The number of hydrogen-bond acceptors (Lipinski definition) is 3. The molecule has 5 heteroatoms. The van der Waals surface area contributed by atoms with Gasteiger partial charge in [0.05, 0.1) is 11.1 Å². The molecule has 1 unspecified atom stereocenters. The van der Waals surface area contributed by atoms with Gasteiger partial charge in [-0.3, -0.25) is 14.6 Å². The van der Waals surface area contributed by atoms with Crippen LogP contribution in [0.1, 0.15) is 54.8 Å². The summed E-state index contributed by atoms with van der Waals surface area (Å²) in [7, 11) is 0. The minimum absolute atomic E-state index is 0.0966. The molecule has 0 aliphatic heterocycles. The third kappa shape index (κ3) is 4.05. The van der Waals surface area contributed by atoms with E-state index in [2.05, 4.69) is 10.3 Å². The lowest BCUT2D eigenvalue weighted by atomic mass is 10.1. The van der Waals surface area contributed by atoms with Gasteiger partial charge in [-0.25, -0.2) is 0 Å². The lowest BCUT2D eigenvalue weighted by Crippen LogP contribution is -2.33. The summed E-state index contributed by atoms with van der Waals surface area (Å²) in [5.74, 6) is -0.290. The molecule has 0 aliphatic rings. The van der Waals surface area contributed by atoms with Crippen molar-refractivity contribution in [3.63, 3.8) is 0 Å². The maximum atomic E-state index is 12.2. The van der Waals surface area contributed by atoms with E-state index in [4.69, 9.17) is 0 Å². The van der Waals surface area contributed by atoms with Crippen molar-refractivity contribution in [1.82, 2.24) is 15.2 Å². The Morgan fingerprint density at radius 3 is 2.35 bits per heavy atom. The first-order valence-corrected chi connectivity index (χ1v) is 7.08. The zero-order chi connectivity index (χ0) is 15.1. The maximum Gasteiger partial charge on any atom is 0.255 e. The maximum absolute atomic E-state index is 12.2. The Morgan fingerprint density at radius 2 is 1.80 bits per heavy atom. The SMILES string of the molecule is CCC(C)NC(=O)c1cncc(C(=O)N(CC)CC)c1. The second kappa shape index (κ2) is 7.62. The Morgan fingerprint density at radius 1 is 1.20 bits per heavy atom. The van der Waals surface area contributed by atoms with Crippen molar-refractivity contribution in [3.05, 3.63) is 29.6 Å². The van der Waals surface area contributed by atoms with Crippen molar-refractivity contribution < 1.29 is 9.59 Å². The molecule has 0 bridgehead atoms. The van der Waals surface area contributed by atoms with Gasteiger partial charge in [0.25, 0.3) is 11.8 Å². The van der Waals surface area contributed by atoms with Gasteiger partial charge in [0.1, 0.15) is 0 Å². The largest absolute Gasteiger partial charge is 0.350 e. The highest BCUT2D eigenvalue weighted by Crippen LogP contribution is 2.07. The van der Waals surface area contributed by atoms with Crippen LogP contribution in [0.3, 0.4) is 0 Å². The molecule has 110 valence electrons. The van der Waals surface area contributed by atoms with Gasteiger partial charge in [-0.05, 0) is 33.3 Å². The molecule has 1 N–H and O–H groups in total. The minimum atomic E-state index is -0.193. The van der Waals surface area contributed by atoms with E-state index >= 15 is 0 Å². The third-order valence-electron chi connectivity index (χ3n) is 3.29. The van der Waals surface area contributed by atoms with Crippen LogP contribution in [0.15, 0.2) is 18.5 Å². The van der Waals surface area contributed by atoms with E-state index in [0.717, 1.165) is 6.42 Å². The molecule has 0 radical (unpaired) electrons. The number of carbonyl (C=O) groups excluding carboxylic acids is 2. The minimum Gasteiger partial charge on any atom is -0.350 e. The summed E-state index contributed by atoms with van der Waals surface area (Å²) in [5, 5.41) is 2.87. The summed E-state index contributed by atoms with van der Waals surface area (Å²) in [6, 6.07) is 1.70. The summed E-state index contributed by atoms with van der Waals surface area (Å²) in [6.45, 7) is 9.07. The first-order valence-electron chi connectivity index (χ1n) is 7.08. The number of rotatable bonds is 6. The normalized spacial score (nSPS) is 11.8. The molecule has 1 aromatic rings. The van der Waals surface area contributed by atoms with E-state index in [1.165, 1.54) is 12.4 Å². The van der Waals surface area contributed by atoms with E-state index in [1.54, 1.807) is 11.0 Å². The van der Waals surface area contributed by atoms with Crippen LogP contribution in [0.25, 0.3) is 0 Å². The summed E-state index contributed by atoms with van der Waals surface area (Å²) in [6.07, 6.45) is 3.84. The third-order valence-corrected chi connectivity index (χ3v) is 3.29. The molecule has 1 aromatic heterocycles. The molecule has 0 saturated heterocycles. The molecule has 0 spiro atoms. The van der Waals surface area contributed by atoms with Crippen molar-refractivity contribution in [2.24, 2.45) is 0 Å². The molecule has 5 nitrogen and oxygen atoms in total. The molecule has 1 rings (SSSR count). The number of pyridine rings is 1. The highest BCUT2D eigenvalue weighted by Gasteiger charge is 2.16. The highest BCUT2D eigenvalue weighted by molar-refractivity contribution is 5.99. The second-order valence-electron chi connectivity index (χ2n) is 4.72. The molecule has 0 aromatic carbocycles. The number of carbonyl (C=O) groups is 2. The molecule has 2 amide bonds. The van der Waals surface area contributed by atoms with Crippen molar-refractivity contribution in [3.8, 4) is 0 Å². The van der Waals surface area contributed by atoms with Gasteiger partial charge in [0, 0.05) is 31.5 Å². The summed E-state index contributed by atoms with van der Waals surface area (Å²) >= 11 is 0. The molecule has 0 fully saturated rings. The average Bonchev–Trinajstić information content (AvgIpc) is 2.48. The van der Waals surface area contributed by atoms with Crippen molar-refractivity contribution >= 4 is 11.8 Å². The predicted octanol–water partition coefficient (Wildman–Crippen LogP) is 2.09. The van der Waals surface area contributed by atoms with Crippen LogP contribution >= 0.6 is 0 Å². The molecule has 1 heterocycles.